The third kappa shape index (κ3) is 8.01. The van der Waals surface area contributed by atoms with Crippen molar-refractivity contribution >= 4 is 23.7 Å². The summed E-state index contributed by atoms with van der Waals surface area (Å²) in [6.07, 6.45) is 2.92. The molecule has 1 aromatic rings. The van der Waals surface area contributed by atoms with Crippen LogP contribution in [0.1, 0.15) is 38.7 Å². The zero-order chi connectivity index (χ0) is 22.8. The van der Waals surface area contributed by atoms with E-state index in [1.807, 2.05) is 30.3 Å². The fourth-order valence-corrected chi connectivity index (χ4v) is 3.09. The fraction of sp³-hybridized carbons (Fsp3) is 0.545. The summed E-state index contributed by atoms with van der Waals surface area (Å²) in [4.78, 5) is 49.2. The number of ether oxygens (including phenoxy) is 1. The van der Waals surface area contributed by atoms with Crippen LogP contribution in [0.15, 0.2) is 30.3 Å². The monoisotopic (exact) mass is 432 g/mol. The van der Waals surface area contributed by atoms with E-state index >= 15 is 0 Å². The summed E-state index contributed by atoms with van der Waals surface area (Å²) in [6, 6.07) is 7.44. The quantitative estimate of drug-likeness (QED) is 0.364. The molecule has 0 heterocycles. The van der Waals surface area contributed by atoms with Crippen LogP contribution in [0, 0.1) is 5.92 Å². The predicted molar refractivity (Wildman–Crippen MR) is 115 cm³/mol. The van der Waals surface area contributed by atoms with Crippen LogP contribution in [-0.4, -0.2) is 55.0 Å². The summed E-state index contributed by atoms with van der Waals surface area (Å²) < 4.78 is 5.22. The molecule has 5 N–H and O–H groups in total. The Balaban J connectivity index is 1.97. The first-order chi connectivity index (χ1) is 14.8. The van der Waals surface area contributed by atoms with Crippen LogP contribution in [0.4, 0.5) is 0 Å². The van der Waals surface area contributed by atoms with Crippen LogP contribution in [-0.2, 0) is 30.3 Å². The Bertz CT molecular complexity index is 764. The van der Waals surface area contributed by atoms with Crippen molar-refractivity contribution in [2.75, 3.05) is 13.1 Å². The van der Waals surface area contributed by atoms with E-state index in [-0.39, 0.29) is 31.5 Å². The summed E-state index contributed by atoms with van der Waals surface area (Å²) in [5, 5.41) is 7.82. The number of nitrogens with one attached hydrogen (secondary N) is 3. The molecule has 9 heteroatoms. The number of nitrogens with two attached hydrogens (primary N) is 1. The zero-order valence-electron chi connectivity index (χ0n) is 18.1. The minimum atomic E-state index is -0.893. The molecule has 1 saturated carbocycles. The van der Waals surface area contributed by atoms with Crippen LogP contribution in [0.5, 0.6) is 0 Å². The molecule has 2 rings (SSSR count). The molecule has 1 fully saturated rings. The van der Waals surface area contributed by atoms with Gasteiger partial charge in [0, 0.05) is 6.42 Å². The number of benzene rings is 1. The first kappa shape index (κ1) is 24.3. The third-order valence-electron chi connectivity index (χ3n) is 5.12. The smallest absolute Gasteiger partial charge is 0.325 e. The largest absolute Gasteiger partial charge is 0.461 e. The van der Waals surface area contributed by atoms with Crippen molar-refractivity contribution in [3.05, 3.63) is 35.9 Å². The lowest BCUT2D eigenvalue weighted by atomic mass is 9.96. The van der Waals surface area contributed by atoms with E-state index in [1.54, 1.807) is 13.8 Å². The number of esters is 1. The molecule has 0 aromatic heterocycles. The summed E-state index contributed by atoms with van der Waals surface area (Å²) in [7, 11) is 0. The van der Waals surface area contributed by atoms with Gasteiger partial charge >= 0.3 is 5.97 Å². The van der Waals surface area contributed by atoms with Crippen molar-refractivity contribution in [2.45, 2.75) is 57.7 Å². The minimum absolute atomic E-state index is 0.0603. The van der Waals surface area contributed by atoms with E-state index < -0.39 is 35.8 Å². The van der Waals surface area contributed by atoms with Gasteiger partial charge in [0.25, 0.3) is 0 Å². The Kier molecular flexibility index (Phi) is 9.45. The molecule has 3 amide bonds. The topological polar surface area (TPSA) is 140 Å². The van der Waals surface area contributed by atoms with E-state index in [4.69, 9.17) is 10.5 Å². The maximum Gasteiger partial charge on any atom is 0.325 e. The van der Waals surface area contributed by atoms with Gasteiger partial charge in [0.05, 0.1) is 6.54 Å². The molecular formula is C22H32N4O5. The van der Waals surface area contributed by atoms with Crippen LogP contribution < -0.4 is 21.7 Å². The molecule has 1 aliphatic carbocycles. The summed E-state index contributed by atoms with van der Waals surface area (Å²) >= 11 is 0. The summed E-state index contributed by atoms with van der Waals surface area (Å²) in [5.74, 6) is -2.20. The maximum absolute atomic E-state index is 12.9. The van der Waals surface area contributed by atoms with Crippen LogP contribution in [0.3, 0.4) is 0 Å². The second-order valence-corrected chi connectivity index (χ2v) is 8.00. The summed E-state index contributed by atoms with van der Waals surface area (Å²) in [5.41, 5.74) is 6.23. The number of carbonyl (C=O) groups excluding carboxylic acids is 4. The highest BCUT2D eigenvalue weighted by Gasteiger charge is 2.29. The van der Waals surface area contributed by atoms with Gasteiger partial charge in [-0.2, -0.15) is 0 Å². The van der Waals surface area contributed by atoms with Gasteiger partial charge in [-0.15, -0.1) is 0 Å². The number of hydrogen-bond acceptors (Lipinski definition) is 6. The number of amides is 3. The van der Waals surface area contributed by atoms with Gasteiger partial charge in [0.2, 0.25) is 17.7 Å². The molecule has 31 heavy (non-hydrogen) atoms. The van der Waals surface area contributed by atoms with Crippen LogP contribution >= 0.6 is 0 Å². The second kappa shape index (κ2) is 12.0. The van der Waals surface area contributed by atoms with Crippen molar-refractivity contribution in [3.8, 4) is 0 Å². The van der Waals surface area contributed by atoms with Gasteiger partial charge in [-0.25, -0.2) is 0 Å². The molecule has 0 aliphatic heterocycles. The van der Waals surface area contributed by atoms with Crippen LogP contribution in [0.2, 0.25) is 0 Å². The molecule has 1 aliphatic rings. The molecule has 2 atom stereocenters. The van der Waals surface area contributed by atoms with Gasteiger partial charge in [0.1, 0.15) is 24.7 Å². The Morgan fingerprint density at radius 1 is 1.06 bits per heavy atom. The van der Waals surface area contributed by atoms with Gasteiger partial charge in [-0.3, -0.25) is 19.2 Å². The highest BCUT2D eigenvalue weighted by molar-refractivity contribution is 5.93. The fourth-order valence-electron chi connectivity index (χ4n) is 3.09. The van der Waals surface area contributed by atoms with Crippen molar-refractivity contribution in [2.24, 2.45) is 11.7 Å². The lowest BCUT2D eigenvalue weighted by molar-refractivity contribution is -0.152. The van der Waals surface area contributed by atoms with Gasteiger partial charge in [0.15, 0.2) is 0 Å². The van der Waals surface area contributed by atoms with E-state index in [2.05, 4.69) is 16.0 Å². The average Bonchev–Trinajstić information content (AvgIpc) is 2.72. The molecule has 0 radical (unpaired) electrons. The van der Waals surface area contributed by atoms with Crippen molar-refractivity contribution in [1.29, 1.82) is 0 Å². The summed E-state index contributed by atoms with van der Waals surface area (Å²) in [6.45, 7) is 3.05. The van der Waals surface area contributed by atoms with Gasteiger partial charge < -0.3 is 26.4 Å². The first-order valence-corrected chi connectivity index (χ1v) is 10.6. The Labute approximate surface area is 182 Å². The molecule has 2 unspecified atom stereocenters. The van der Waals surface area contributed by atoms with Crippen LogP contribution in [0.25, 0.3) is 0 Å². The van der Waals surface area contributed by atoms with E-state index in [9.17, 15) is 19.2 Å². The van der Waals surface area contributed by atoms with E-state index in [1.165, 1.54) is 0 Å². The highest BCUT2D eigenvalue weighted by Crippen LogP contribution is 2.21. The van der Waals surface area contributed by atoms with Crippen molar-refractivity contribution < 1.29 is 23.9 Å². The Hall–Kier alpha value is -2.94. The normalized spacial score (nSPS) is 15.4. The third-order valence-corrected chi connectivity index (χ3v) is 5.12. The van der Waals surface area contributed by atoms with Crippen molar-refractivity contribution in [1.82, 2.24) is 16.0 Å². The number of carbonyl (C=O) groups is 4. The average molecular weight is 433 g/mol. The first-order valence-electron chi connectivity index (χ1n) is 10.6. The minimum Gasteiger partial charge on any atom is -0.461 e. The molecule has 0 spiro atoms. The number of rotatable bonds is 11. The van der Waals surface area contributed by atoms with Gasteiger partial charge in [-0.05, 0) is 30.7 Å². The highest BCUT2D eigenvalue weighted by atomic mass is 16.5. The molecule has 170 valence electrons. The Morgan fingerprint density at radius 2 is 1.74 bits per heavy atom. The standard InChI is InChI=1S/C22H32N4O5/c1-14(2)20(22(30)24-13-19(28)31-16-9-6-10-16)26-21(29)17(25-18(27)12-23)11-15-7-4-3-5-8-15/h3-5,7-8,14,16-17,20H,6,9-13,23H2,1-2H3,(H,24,30)(H,25,27)(H,26,29). The lowest BCUT2D eigenvalue weighted by Crippen LogP contribution is -2.57. The molecule has 9 nitrogen and oxygen atoms in total. The molecular weight excluding hydrogens is 400 g/mol. The van der Waals surface area contributed by atoms with Crippen molar-refractivity contribution in [3.63, 3.8) is 0 Å². The Morgan fingerprint density at radius 3 is 2.29 bits per heavy atom. The molecule has 1 aromatic carbocycles. The van der Waals surface area contributed by atoms with E-state index in [0.29, 0.717) is 0 Å². The zero-order valence-corrected chi connectivity index (χ0v) is 18.1. The van der Waals surface area contributed by atoms with Gasteiger partial charge in [-0.1, -0.05) is 44.2 Å². The van der Waals surface area contributed by atoms with E-state index in [0.717, 1.165) is 24.8 Å². The second-order valence-electron chi connectivity index (χ2n) is 8.00. The SMILES string of the molecule is CC(C)C(NC(=O)C(Cc1ccccc1)NC(=O)CN)C(=O)NCC(=O)OC1CCC1. The predicted octanol–water partition coefficient (Wildman–Crippen LogP) is 0.0253. The maximum atomic E-state index is 12.9. The molecule has 0 saturated heterocycles. The number of hydrogen-bond donors (Lipinski definition) is 4. The lowest BCUT2D eigenvalue weighted by Gasteiger charge is -2.26. The molecule has 0 bridgehead atoms.